The molecule has 0 aliphatic carbocycles. The monoisotopic (exact) mass is 376 g/mol. The lowest BCUT2D eigenvalue weighted by Gasteiger charge is -2.09. The van der Waals surface area contributed by atoms with Crippen molar-refractivity contribution in [1.82, 2.24) is 15.3 Å². The van der Waals surface area contributed by atoms with Gasteiger partial charge in [0.25, 0.3) is 0 Å². The van der Waals surface area contributed by atoms with E-state index in [1.54, 1.807) is 0 Å². The summed E-state index contributed by atoms with van der Waals surface area (Å²) in [5.74, 6) is 0.798. The Morgan fingerprint density at radius 3 is 3.04 bits per heavy atom. The molecule has 25 heavy (non-hydrogen) atoms. The van der Waals surface area contributed by atoms with Crippen LogP contribution in [0, 0.1) is 0 Å². The number of hydrogen-bond acceptors (Lipinski definition) is 6. The number of fused-ring (bicyclic) bond motifs is 2. The number of carbonyl (C=O) groups is 1. The van der Waals surface area contributed by atoms with E-state index in [2.05, 4.69) is 26.7 Å². The van der Waals surface area contributed by atoms with Crippen molar-refractivity contribution in [3.8, 4) is 16.9 Å². The number of ether oxygens (including phenoxy) is 1. The summed E-state index contributed by atoms with van der Waals surface area (Å²) in [4.78, 5) is 20.9. The molecule has 1 amide bonds. The Balaban J connectivity index is 0.00000182. The third kappa shape index (κ3) is 3.73. The third-order valence-corrected chi connectivity index (χ3v) is 4.67. The molecule has 2 aromatic heterocycles. The van der Waals surface area contributed by atoms with Crippen molar-refractivity contribution in [3.63, 3.8) is 0 Å². The zero-order valence-electron chi connectivity index (χ0n) is 13.5. The average Bonchev–Trinajstić information content (AvgIpc) is 2.80. The second kappa shape index (κ2) is 7.35. The molecule has 6 nitrogen and oxygen atoms in total. The van der Waals surface area contributed by atoms with E-state index in [-0.39, 0.29) is 18.3 Å². The van der Waals surface area contributed by atoms with Crippen LogP contribution in [0.25, 0.3) is 21.5 Å². The minimum atomic E-state index is -0.132. The molecule has 2 N–H and O–H groups in total. The van der Waals surface area contributed by atoms with Crippen LogP contribution < -0.4 is 15.4 Å². The lowest BCUT2D eigenvalue weighted by Crippen LogP contribution is -2.16. The zero-order valence-corrected chi connectivity index (χ0v) is 15.2. The van der Waals surface area contributed by atoms with Crippen LogP contribution in [0.4, 0.5) is 5.13 Å². The highest BCUT2D eigenvalue weighted by Crippen LogP contribution is 2.31. The van der Waals surface area contributed by atoms with Crippen LogP contribution in [0.1, 0.15) is 12.5 Å². The van der Waals surface area contributed by atoms with Gasteiger partial charge in [0.05, 0.1) is 0 Å². The van der Waals surface area contributed by atoms with Gasteiger partial charge in [-0.15, -0.1) is 12.4 Å². The SMILES string of the molecule is CC(=O)Nc1nc2cc(-c3ccc4c(c3)CNCCO4)cnc2s1.Cl. The molecule has 0 atom stereocenters. The van der Waals surface area contributed by atoms with Crippen LogP contribution in [0.5, 0.6) is 5.75 Å². The topological polar surface area (TPSA) is 76.1 Å². The Morgan fingerprint density at radius 2 is 2.20 bits per heavy atom. The van der Waals surface area contributed by atoms with Crippen molar-refractivity contribution in [1.29, 1.82) is 0 Å². The Bertz CT molecular complexity index is 928. The number of rotatable bonds is 2. The molecule has 0 saturated carbocycles. The molecule has 130 valence electrons. The van der Waals surface area contributed by atoms with Crippen molar-refractivity contribution < 1.29 is 9.53 Å². The molecular formula is C17H17ClN4O2S. The molecule has 3 aromatic rings. The lowest BCUT2D eigenvalue weighted by molar-refractivity contribution is -0.114. The highest BCUT2D eigenvalue weighted by atomic mass is 35.5. The number of pyridine rings is 1. The van der Waals surface area contributed by atoms with Crippen molar-refractivity contribution in [3.05, 3.63) is 36.0 Å². The van der Waals surface area contributed by atoms with Gasteiger partial charge >= 0.3 is 0 Å². The van der Waals surface area contributed by atoms with Gasteiger partial charge in [-0.05, 0) is 23.8 Å². The van der Waals surface area contributed by atoms with E-state index in [1.165, 1.54) is 18.3 Å². The van der Waals surface area contributed by atoms with Gasteiger partial charge < -0.3 is 15.4 Å². The lowest BCUT2D eigenvalue weighted by atomic mass is 10.0. The van der Waals surface area contributed by atoms with Crippen LogP contribution in [-0.2, 0) is 11.3 Å². The molecule has 0 saturated heterocycles. The number of amides is 1. The van der Waals surface area contributed by atoms with Crippen molar-refractivity contribution in [2.45, 2.75) is 13.5 Å². The van der Waals surface area contributed by atoms with Gasteiger partial charge in [-0.3, -0.25) is 4.79 Å². The van der Waals surface area contributed by atoms with E-state index in [0.717, 1.165) is 45.9 Å². The number of aromatic nitrogens is 2. The van der Waals surface area contributed by atoms with E-state index in [9.17, 15) is 4.79 Å². The molecule has 0 unspecified atom stereocenters. The minimum absolute atomic E-state index is 0. The van der Waals surface area contributed by atoms with Crippen LogP contribution in [-0.4, -0.2) is 29.0 Å². The van der Waals surface area contributed by atoms with E-state index >= 15 is 0 Å². The summed E-state index contributed by atoms with van der Waals surface area (Å²) in [7, 11) is 0. The second-order valence-electron chi connectivity index (χ2n) is 5.60. The molecule has 8 heteroatoms. The highest BCUT2D eigenvalue weighted by Gasteiger charge is 2.12. The molecular weight excluding hydrogens is 360 g/mol. The largest absolute Gasteiger partial charge is 0.492 e. The predicted molar refractivity (Wildman–Crippen MR) is 102 cm³/mol. The van der Waals surface area contributed by atoms with E-state index in [4.69, 9.17) is 4.74 Å². The highest BCUT2D eigenvalue weighted by molar-refractivity contribution is 7.21. The maximum atomic E-state index is 11.2. The number of carbonyl (C=O) groups excluding carboxylic acids is 1. The van der Waals surface area contributed by atoms with Gasteiger partial charge in [0.2, 0.25) is 5.91 Å². The molecule has 3 heterocycles. The number of halogens is 1. The quantitative estimate of drug-likeness (QED) is 0.718. The summed E-state index contributed by atoms with van der Waals surface area (Å²) in [6, 6.07) is 8.16. The van der Waals surface area contributed by atoms with Crippen molar-refractivity contribution in [2.24, 2.45) is 0 Å². The third-order valence-electron chi connectivity index (χ3n) is 3.78. The standard InChI is InChI=1S/C17H16N4O2S.ClH/c1-10(22)20-17-21-14-7-12(9-19-16(14)24-17)11-2-3-15-13(6-11)8-18-4-5-23-15;/h2-3,6-7,9,18H,4-5,8H2,1H3,(H,20,21,22);1H. The molecule has 0 spiro atoms. The first-order valence-corrected chi connectivity index (χ1v) is 8.52. The predicted octanol–water partition coefficient (Wildman–Crippen LogP) is 3.22. The number of anilines is 1. The number of benzene rings is 1. The summed E-state index contributed by atoms with van der Waals surface area (Å²) in [6.07, 6.45) is 1.84. The normalized spacial score (nSPS) is 13.3. The smallest absolute Gasteiger partial charge is 0.223 e. The Labute approximate surface area is 155 Å². The van der Waals surface area contributed by atoms with E-state index in [0.29, 0.717) is 11.7 Å². The molecule has 4 rings (SSSR count). The van der Waals surface area contributed by atoms with Crippen molar-refractivity contribution in [2.75, 3.05) is 18.5 Å². The summed E-state index contributed by atoms with van der Waals surface area (Å²) in [5, 5.41) is 6.62. The molecule has 1 aliphatic heterocycles. The summed E-state index contributed by atoms with van der Waals surface area (Å²) < 4.78 is 5.72. The van der Waals surface area contributed by atoms with Gasteiger partial charge in [-0.1, -0.05) is 17.4 Å². The van der Waals surface area contributed by atoms with E-state index < -0.39 is 0 Å². The first kappa shape index (κ1) is 17.6. The second-order valence-corrected chi connectivity index (χ2v) is 6.57. The van der Waals surface area contributed by atoms with Gasteiger partial charge in [0.1, 0.15) is 22.7 Å². The molecule has 0 radical (unpaired) electrons. The minimum Gasteiger partial charge on any atom is -0.492 e. The van der Waals surface area contributed by atoms with Gasteiger partial charge in [0, 0.05) is 37.3 Å². The number of nitrogens with one attached hydrogen (secondary N) is 2. The Morgan fingerprint density at radius 1 is 1.32 bits per heavy atom. The first-order chi connectivity index (χ1) is 11.7. The summed E-state index contributed by atoms with van der Waals surface area (Å²) >= 11 is 1.37. The van der Waals surface area contributed by atoms with Crippen LogP contribution in [0.2, 0.25) is 0 Å². The molecule has 0 fully saturated rings. The Hall–Kier alpha value is -2.22. The van der Waals surface area contributed by atoms with Gasteiger partial charge in [-0.25, -0.2) is 9.97 Å². The number of hydrogen-bond donors (Lipinski definition) is 2. The summed E-state index contributed by atoms with van der Waals surface area (Å²) in [5.41, 5.74) is 3.99. The summed E-state index contributed by atoms with van der Waals surface area (Å²) in [6.45, 7) is 3.80. The molecule has 0 bridgehead atoms. The first-order valence-electron chi connectivity index (χ1n) is 7.70. The zero-order chi connectivity index (χ0) is 16.5. The van der Waals surface area contributed by atoms with Gasteiger partial charge in [0.15, 0.2) is 5.13 Å². The van der Waals surface area contributed by atoms with Crippen molar-refractivity contribution >= 4 is 45.1 Å². The van der Waals surface area contributed by atoms with Gasteiger partial charge in [-0.2, -0.15) is 0 Å². The van der Waals surface area contributed by atoms with Crippen LogP contribution in [0.15, 0.2) is 30.5 Å². The van der Waals surface area contributed by atoms with Crippen LogP contribution in [0.3, 0.4) is 0 Å². The van der Waals surface area contributed by atoms with E-state index in [1.807, 2.05) is 24.4 Å². The molecule has 1 aromatic carbocycles. The molecule has 1 aliphatic rings. The number of thiazole rings is 1. The number of nitrogens with zero attached hydrogens (tertiary/aromatic N) is 2. The fourth-order valence-electron chi connectivity index (χ4n) is 2.68. The fraction of sp³-hybridized carbons (Fsp3) is 0.235. The maximum absolute atomic E-state index is 11.2. The fourth-order valence-corrected chi connectivity index (χ4v) is 3.52. The maximum Gasteiger partial charge on any atom is 0.223 e. The average molecular weight is 377 g/mol. The Kier molecular flexibility index (Phi) is 5.17. The van der Waals surface area contributed by atoms with Crippen LogP contribution >= 0.6 is 23.7 Å².